The molecule has 110 valence electrons. The molecule has 0 bridgehead atoms. The second-order valence-corrected chi connectivity index (χ2v) is 5.43. The zero-order chi connectivity index (χ0) is 14.7. The van der Waals surface area contributed by atoms with Gasteiger partial charge in [0.2, 0.25) is 5.82 Å². The first-order chi connectivity index (χ1) is 9.52. The number of likely N-dealkylation sites (tertiary alicyclic amines) is 1. The van der Waals surface area contributed by atoms with Crippen molar-refractivity contribution in [3.8, 4) is 0 Å². The number of anilines is 1. The van der Waals surface area contributed by atoms with Gasteiger partial charge in [-0.3, -0.25) is 15.0 Å². The number of likely N-dealkylation sites (N-methyl/N-ethyl adjacent to an activating group) is 2. The van der Waals surface area contributed by atoms with Gasteiger partial charge in [-0.25, -0.2) is 4.98 Å². The summed E-state index contributed by atoms with van der Waals surface area (Å²) in [5.41, 5.74) is -0.00190. The Bertz CT molecular complexity index is 497. The quantitative estimate of drug-likeness (QED) is 0.475. The summed E-state index contributed by atoms with van der Waals surface area (Å²) in [6.45, 7) is 4.96. The molecule has 0 radical (unpaired) electrons. The number of hydrogen-bond donors (Lipinski definition) is 0. The van der Waals surface area contributed by atoms with Crippen LogP contribution in [0.1, 0.15) is 19.8 Å². The third-order valence-electron chi connectivity index (χ3n) is 3.77. The first-order valence-corrected chi connectivity index (χ1v) is 7.16. The number of rotatable bonds is 5. The van der Waals surface area contributed by atoms with Gasteiger partial charge in [0.1, 0.15) is 5.15 Å². The third-order valence-corrected chi connectivity index (χ3v) is 3.98. The van der Waals surface area contributed by atoms with E-state index in [1.165, 1.54) is 18.6 Å². The van der Waals surface area contributed by atoms with E-state index in [0.717, 1.165) is 26.1 Å². The fraction of sp³-hybridized carbons (Fsp3) is 0.615. The summed E-state index contributed by atoms with van der Waals surface area (Å²) in [6, 6.07) is 3.28. The van der Waals surface area contributed by atoms with Crippen molar-refractivity contribution in [2.24, 2.45) is 0 Å². The van der Waals surface area contributed by atoms with E-state index in [0.29, 0.717) is 11.9 Å². The van der Waals surface area contributed by atoms with E-state index in [2.05, 4.69) is 16.8 Å². The molecule has 0 spiro atoms. The van der Waals surface area contributed by atoms with E-state index in [1.54, 1.807) is 0 Å². The van der Waals surface area contributed by atoms with E-state index in [1.807, 2.05) is 11.9 Å². The van der Waals surface area contributed by atoms with Crippen LogP contribution in [-0.2, 0) is 0 Å². The number of aromatic nitrogens is 1. The van der Waals surface area contributed by atoms with E-state index < -0.39 is 4.92 Å². The Labute approximate surface area is 123 Å². The Morgan fingerprint density at radius 2 is 2.35 bits per heavy atom. The SMILES string of the molecule is CCN1CCCC1CN(C)c1nc(Cl)ccc1[N+](=O)[O-]. The van der Waals surface area contributed by atoms with Crippen LogP contribution in [0.4, 0.5) is 11.5 Å². The van der Waals surface area contributed by atoms with E-state index >= 15 is 0 Å². The predicted octanol–water partition coefficient (Wildman–Crippen LogP) is 2.56. The highest BCUT2D eigenvalue weighted by molar-refractivity contribution is 6.29. The lowest BCUT2D eigenvalue weighted by Gasteiger charge is -2.28. The number of halogens is 1. The molecule has 1 aromatic rings. The van der Waals surface area contributed by atoms with Crippen LogP contribution < -0.4 is 4.90 Å². The minimum Gasteiger partial charge on any atom is -0.352 e. The monoisotopic (exact) mass is 298 g/mol. The number of nitrogens with zero attached hydrogens (tertiary/aromatic N) is 4. The van der Waals surface area contributed by atoms with Gasteiger partial charge in [0.05, 0.1) is 4.92 Å². The van der Waals surface area contributed by atoms with Gasteiger partial charge in [-0.05, 0) is 32.0 Å². The van der Waals surface area contributed by atoms with Gasteiger partial charge in [-0.2, -0.15) is 0 Å². The Morgan fingerprint density at radius 1 is 1.60 bits per heavy atom. The van der Waals surface area contributed by atoms with Crippen molar-refractivity contribution in [3.63, 3.8) is 0 Å². The van der Waals surface area contributed by atoms with Gasteiger partial charge >= 0.3 is 5.69 Å². The Hall–Kier alpha value is -1.40. The second kappa shape index (κ2) is 6.37. The zero-order valence-electron chi connectivity index (χ0n) is 11.8. The molecule has 6 nitrogen and oxygen atoms in total. The summed E-state index contributed by atoms with van der Waals surface area (Å²) in [5.74, 6) is 0.338. The molecule has 0 N–H and O–H groups in total. The summed E-state index contributed by atoms with van der Waals surface area (Å²) in [5, 5.41) is 11.4. The molecule has 1 unspecified atom stereocenters. The lowest BCUT2D eigenvalue weighted by Crippen LogP contribution is -2.39. The Morgan fingerprint density at radius 3 is 3.00 bits per heavy atom. The summed E-state index contributed by atoms with van der Waals surface area (Å²) >= 11 is 5.87. The number of hydrogen-bond acceptors (Lipinski definition) is 5. The van der Waals surface area contributed by atoms with Crippen LogP contribution in [0.15, 0.2) is 12.1 Å². The highest BCUT2D eigenvalue weighted by atomic mass is 35.5. The second-order valence-electron chi connectivity index (χ2n) is 5.04. The molecule has 1 aromatic heterocycles. The van der Waals surface area contributed by atoms with Crippen molar-refractivity contribution in [2.45, 2.75) is 25.8 Å². The molecule has 1 aliphatic rings. The molecule has 1 saturated heterocycles. The largest absolute Gasteiger partial charge is 0.352 e. The summed E-state index contributed by atoms with van der Waals surface area (Å²) in [7, 11) is 1.83. The Kier molecular flexibility index (Phi) is 4.77. The fourth-order valence-corrected chi connectivity index (χ4v) is 2.91. The van der Waals surface area contributed by atoms with Gasteiger partial charge in [-0.15, -0.1) is 0 Å². The highest BCUT2D eigenvalue weighted by Gasteiger charge is 2.27. The van der Waals surface area contributed by atoms with Gasteiger partial charge in [0.15, 0.2) is 0 Å². The molecule has 1 atom stereocenters. The van der Waals surface area contributed by atoms with Crippen LogP contribution in [0.2, 0.25) is 5.15 Å². The predicted molar refractivity (Wildman–Crippen MR) is 79.4 cm³/mol. The van der Waals surface area contributed by atoms with Crippen molar-refractivity contribution < 1.29 is 4.92 Å². The molecule has 7 heteroatoms. The molecule has 0 aliphatic carbocycles. The molecular formula is C13H19ClN4O2. The van der Waals surface area contributed by atoms with Crippen molar-refractivity contribution in [2.75, 3.05) is 31.6 Å². The minimum atomic E-state index is -0.415. The topological polar surface area (TPSA) is 62.5 Å². The normalized spacial score (nSPS) is 19.2. The molecule has 1 aliphatic heterocycles. The summed E-state index contributed by atoms with van der Waals surface area (Å²) in [4.78, 5) is 19.0. The van der Waals surface area contributed by atoms with Crippen LogP contribution in [0.5, 0.6) is 0 Å². The van der Waals surface area contributed by atoms with Crippen molar-refractivity contribution >= 4 is 23.1 Å². The number of pyridine rings is 1. The average molecular weight is 299 g/mol. The maximum Gasteiger partial charge on any atom is 0.311 e. The smallest absolute Gasteiger partial charge is 0.311 e. The van der Waals surface area contributed by atoms with Gasteiger partial charge in [0.25, 0.3) is 0 Å². The standard InChI is InChI=1S/C13H19ClN4O2/c1-3-17-8-4-5-10(17)9-16(2)13-11(18(19)20)6-7-12(14)15-13/h6-7,10H,3-5,8-9H2,1-2H3. The summed E-state index contributed by atoms with van der Waals surface area (Å²) in [6.07, 6.45) is 2.30. The van der Waals surface area contributed by atoms with Gasteiger partial charge in [0, 0.05) is 25.7 Å². The molecule has 1 fully saturated rings. The molecule has 2 rings (SSSR count). The molecule has 2 heterocycles. The minimum absolute atomic E-state index is 0.00190. The molecule has 0 amide bonds. The van der Waals surface area contributed by atoms with Gasteiger partial charge in [-0.1, -0.05) is 18.5 Å². The lowest BCUT2D eigenvalue weighted by molar-refractivity contribution is -0.384. The molecule has 0 saturated carbocycles. The highest BCUT2D eigenvalue weighted by Crippen LogP contribution is 2.28. The van der Waals surface area contributed by atoms with Crippen molar-refractivity contribution in [1.29, 1.82) is 0 Å². The average Bonchev–Trinajstić information content (AvgIpc) is 2.85. The maximum absolute atomic E-state index is 11.1. The van der Waals surface area contributed by atoms with Crippen LogP contribution >= 0.6 is 11.6 Å². The number of nitro groups is 1. The summed E-state index contributed by atoms with van der Waals surface area (Å²) < 4.78 is 0. The molecule has 20 heavy (non-hydrogen) atoms. The van der Waals surface area contributed by atoms with E-state index in [4.69, 9.17) is 11.6 Å². The van der Waals surface area contributed by atoms with E-state index in [9.17, 15) is 10.1 Å². The molecular weight excluding hydrogens is 280 g/mol. The van der Waals surface area contributed by atoms with Gasteiger partial charge < -0.3 is 4.90 Å². The zero-order valence-corrected chi connectivity index (χ0v) is 12.5. The van der Waals surface area contributed by atoms with Crippen molar-refractivity contribution in [3.05, 3.63) is 27.4 Å². The van der Waals surface area contributed by atoms with E-state index in [-0.39, 0.29) is 10.8 Å². The van der Waals surface area contributed by atoms with Crippen LogP contribution in [-0.4, -0.2) is 47.5 Å². The van der Waals surface area contributed by atoms with Crippen molar-refractivity contribution in [1.82, 2.24) is 9.88 Å². The van der Waals surface area contributed by atoms with Crippen LogP contribution in [0.25, 0.3) is 0 Å². The maximum atomic E-state index is 11.1. The van der Waals surface area contributed by atoms with Crippen LogP contribution in [0, 0.1) is 10.1 Å². The Balaban J connectivity index is 2.18. The lowest BCUT2D eigenvalue weighted by atomic mass is 10.2. The molecule has 0 aromatic carbocycles. The first-order valence-electron chi connectivity index (χ1n) is 6.79. The fourth-order valence-electron chi connectivity index (χ4n) is 2.76. The third kappa shape index (κ3) is 3.19. The first kappa shape index (κ1) is 15.0. The van der Waals surface area contributed by atoms with Crippen LogP contribution in [0.3, 0.4) is 0 Å².